The molecule has 0 aliphatic carbocycles. The van der Waals surface area contributed by atoms with E-state index in [4.69, 9.17) is 32.7 Å². The van der Waals surface area contributed by atoms with Crippen molar-refractivity contribution >= 4 is 40.9 Å². The Hall–Kier alpha value is -2.67. The van der Waals surface area contributed by atoms with Crippen LogP contribution in [0, 0.1) is 11.8 Å². The second-order valence-corrected chi connectivity index (χ2v) is 9.41. The first-order chi connectivity index (χ1) is 16.7. The number of carboxylic acid groups (broad SMARTS) is 1. The molecule has 3 atom stereocenters. The van der Waals surface area contributed by atoms with Gasteiger partial charge in [0.2, 0.25) is 0 Å². The Morgan fingerprint density at radius 2 is 1.80 bits per heavy atom. The van der Waals surface area contributed by atoms with Crippen LogP contribution in [-0.4, -0.2) is 43.1 Å². The number of esters is 1. The van der Waals surface area contributed by atoms with Gasteiger partial charge in [0.05, 0.1) is 22.2 Å². The predicted molar refractivity (Wildman–Crippen MR) is 137 cm³/mol. The van der Waals surface area contributed by atoms with Gasteiger partial charge in [0.1, 0.15) is 5.92 Å². The molecular formula is C27H29Cl2NO5. The maximum atomic E-state index is 13.4. The number of ether oxygens (including phenoxy) is 2. The Labute approximate surface area is 215 Å². The molecule has 0 radical (unpaired) electrons. The van der Waals surface area contributed by atoms with Gasteiger partial charge in [0.15, 0.2) is 0 Å². The highest BCUT2D eigenvalue weighted by Crippen LogP contribution is 2.43. The second kappa shape index (κ2) is 12.3. The lowest BCUT2D eigenvalue weighted by Crippen LogP contribution is -2.36. The number of carboxylic acids is 1. The molecular weight excluding hydrogens is 489 g/mol. The Balaban J connectivity index is 1.91. The van der Waals surface area contributed by atoms with Crippen LogP contribution in [0.3, 0.4) is 0 Å². The number of halogens is 2. The summed E-state index contributed by atoms with van der Waals surface area (Å²) in [6.45, 7) is 4.00. The van der Waals surface area contributed by atoms with E-state index in [1.54, 1.807) is 39.2 Å². The molecule has 0 aromatic heterocycles. The summed E-state index contributed by atoms with van der Waals surface area (Å²) in [4.78, 5) is 30.1. The zero-order valence-electron chi connectivity index (χ0n) is 20.0. The zero-order valence-corrected chi connectivity index (χ0v) is 21.5. The minimum atomic E-state index is -1.10. The number of benzene rings is 2. The van der Waals surface area contributed by atoms with Crippen molar-refractivity contribution in [1.82, 2.24) is 0 Å². The first-order valence-corrected chi connectivity index (χ1v) is 12.1. The summed E-state index contributed by atoms with van der Waals surface area (Å²) in [6, 6.07) is 14.9. The van der Waals surface area contributed by atoms with E-state index in [2.05, 4.69) is 4.99 Å². The van der Waals surface area contributed by atoms with Crippen LogP contribution in [0.25, 0.3) is 0 Å². The maximum absolute atomic E-state index is 13.4. The molecule has 1 aliphatic rings. The highest BCUT2D eigenvalue weighted by Gasteiger charge is 2.42. The molecule has 2 aromatic rings. The van der Waals surface area contributed by atoms with Crippen LogP contribution in [0.1, 0.15) is 37.3 Å². The van der Waals surface area contributed by atoms with Gasteiger partial charge >= 0.3 is 11.9 Å². The van der Waals surface area contributed by atoms with Crippen molar-refractivity contribution in [1.29, 1.82) is 0 Å². The van der Waals surface area contributed by atoms with E-state index in [1.165, 1.54) is 0 Å². The molecule has 1 N–H and O–H groups in total. The number of carbonyl (C=O) groups is 2. The molecule has 1 heterocycles. The maximum Gasteiger partial charge on any atom is 0.336 e. The summed E-state index contributed by atoms with van der Waals surface area (Å²) in [5, 5.41) is 10.5. The summed E-state index contributed by atoms with van der Waals surface area (Å²) in [6.07, 6.45) is 1.42. The molecule has 0 amide bonds. The average Bonchev–Trinajstić information content (AvgIpc) is 2.82. The molecule has 0 fully saturated rings. The highest BCUT2D eigenvalue weighted by atomic mass is 35.5. The van der Waals surface area contributed by atoms with Gasteiger partial charge in [-0.2, -0.15) is 0 Å². The van der Waals surface area contributed by atoms with Crippen molar-refractivity contribution in [2.45, 2.75) is 32.6 Å². The summed E-state index contributed by atoms with van der Waals surface area (Å²) < 4.78 is 11.0. The molecule has 3 rings (SSSR count). The third kappa shape index (κ3) is 6.51. The van der Waals surface area contributed by atoms with Crippen molar-refractivity contribution < 1.29 is 24.2 Å². The Morgan fingerprint density at radius 3 is 2.46 bits per heavy atom. The van der Waals surface area contributed by atoms with E-state index in [9.17, 15) is 14.7 Å². The molecule has 35 heavy (non-hydrogen) atoms. The van der Waals surface area contributed by atoms with Crippen molar-refractivity contribution in [2.24, 2.45) is 16.8 Å². The van der Waals surface area contributed by atoms with Crippen LogP contribution < -0.4 is 0 Å². The van der Waals surface area contributed by atoms with E-state index in [0.717, 1.165) is 5.56 Å². The van der Waals surface area contributed by atoms with E-state index >= 15 is 0 Å². The van der Waals surface area contributed by atoms with E-state index in [0.29, 0.717) is 36.4 Å². The second-order valence-electron chi connectivity index (χ2n) is 8.62. The van der Waals surface area contributed by atoms with Gasteiger partial charge in [-0.1, -0.05) is 65.7 Å². The fourth-order valence-electron chi connectivity index (χ4n) is 4.47. The zero-order chi connectivity index (χ0) is 25.5. The van der Waals surface area contributed by atoms with Gasteiger partial charge in [0, 0.05) is 31.0 Å². The molecule has 8 heteroatoms. The number of rotatable bonds is 10. The topological polar surface area (TPSA) is 85.2 Å². The number of hydrogen-bond donors (Lipinski definition) is 1. The predicted octanol–water partition coefficient (Wildman–Crippen LogP) is 5.96. The van der Waals surface area contributed by atoms with Gasteiger partial charge in [0.25, 0.3) is 0 Å². The van der Waals surface area contributed by atoms with E-state index < -0.39 is 23.8 Å². The Kier molecular flexibility index (Phi) is 9.49. The molecule has 6 nitrogen and oxygen atoms in total. The third-order valence-corrected chi connectivity index (χ3v) is 7.01. The minimum Gasteiger partial charge on any atom is -0.481 e. The van der Waals surface area contributed by atoms with Gasteiger partial charge in [-0.3, -0.25) is 9.79 Å². The Morgan fingerprint density at radius 1 is 1.09 bits per heavy atom. The summed E-state index contributed by atoms with van der Waals surface area (Å²) in [7, 11) is 1.63. The average molecular weight is 518 g/mol. The number of nitrogens with zero attached hydrogens (tertiary/aromatic N) is 1. The highest BCUT2D eigenvalue weighted by molar-refractivity contribution is 6.42. The van der Waals surface area contributed by atoms with E-state index in [-0.39, 0.29) is 28.1 Å². The van der Waals surface area contributed by atoms with Crippen molar-refractivity contribution in [3.8, 4) is 0 Å². The standard InChI is InChI=1S/C27H29Cl2NO5/c1-16-22(26(31)32)24(20-10-7-11-21(28)25(20)29)23(17(2)30-16)27(33)35-15-19(12-13-34-3)14-18-8-5-4-6-9-18/h4-11,19,22,24H,12-15H2,1-3H3,(H,31,32). The van der Waals surface area contributed by atoms with Gasteiger partial charge in [-0.05, 0) is 49.8 Å². The van der Waals surface area contributed by atoms with Crippen LogP contribution in [0.2, 0.25) is 10.0 Å². The number of aliphatic carboxylic acids is 1. The van der Waals surface area contributed by atoms with Crippen LogP contribution in [-0.2, 0) is 25.5 Å². The summed E-state index contributed by atoms with van der Waals surface area (Å²) >= 11 is 12.7. The Bertz CT molecular complexity index is 1130. The molecule has 3 unspecified atom stereocenters. The molecule has 1 aliphatic heterocycles. The normalized spacial score (nSPS) is 18.7. The number of hydrogen-bond acceptors (Lipinski definition) is 5. The number of carbonyl (C=O) groups excluding carboxylic acids is 1. The number of aliphatic imine (C=N–C) groups is 1. The molecule has 2 aromatic carbocycles. The largest absolute Gasteiger partial charge is 0.481 e. The van der Waals surface area contributed by atoms with Gasteiger partial charge in [-0.15, -0.1) is 0 Å². The number of allylic oxidation sites excluding steroid dienone is 1. The lowest BCUT2D eigenvalue weighted by molar-refractivity contribution is -0.142. The van der Waals surface area contributed by atoms with Crippen LogP contribution in [0.4, 0.5) is 0 Å². The molecule has 0 saturated carbocycles. The lowest BCUT2D eigenvalue weighted by atomic mass is 9.75. The smallest absolute Gasteiger partial charge is 0.336 e. The van der Waals surface area contributed by atoms with E-state index in [1.807, 2.05) is 30.3 Å². The molecule has 0 spiro atoms. The van der Waals surface area contributed by atoms with Crippen LogP contribution in [0.5, 0.6) is 0 Å². The summed E-state index contributed by atoms with van der Waals surface area (Å²) in [5.74, 6) is -3.64. The third-order valence-electron chi connectivity index (χ3n) is 6.18. The number of methoxy groups -OCH3 is 1. The molecule has 0 bridgehead atoms. The lowest BCUT2D eigenvalue weighted by Gasteiger charge is -2.31. The molecule has 186 valence electrons. The fourth-order valence-corrected chi connectivity index (χ4v) is 4.89. The van der Waals surface area contributed by atoms with Crippen molar-refractivity contribution in [3.05, 3.63) is 81.0 Å². The first kappa shape index (κ1) is 26.9. The minimum absolute atomic E-state index is 0.0273. The quantitative estimate of drug-likeness (QED) is 0.392. The summed E-state index contributed by atoms with van der Waals surface area (Å²) in [5.41, 5.74) is 2.55. The van der Waals surface area contributed by atoms with Gasteiger partial charge in [-0.25, -0.2) is 4.79 Å². The van der Waals surface area contributed by atoms with Crippen molar-refractivity contribution in [2.75, 3.05) is 20.3 Å². The first-order valence-electron chi connectivity index (χ1n) is 11.4. The van der Waals surface area contributed by atoms with Crippen LogP contribution >= 0.6 is 23.2 Å². The SMILES string of the molecule is COCCC(COC(=O)C1=C(C)N=C(C)C(C(=O)O)C1c1cccc(Cl)c1Cl)Cc1ccccc1. The van der Waals surface area contributed by atoms with Crippen molar-refractivity contribution in [3.63, 3.8) is 0 Å². The molecule has 0 saturated heterocycles. The van der Waals surface area contributed by atoms with Gasteiger partial charge < -0.3 is 14.6 Å². The monoisotopic (exact) mass is 517 g/mol. The fraction of sp³-hybridized carbons (Fsp3) is 0.370. The van der Waals surface area contributed by atoms with Crippen LogP contribution in [0.15, 0.2) is 64.8 Å².